The maximum atomic E-state index is 9.64. The van der Waals surface area contributed by atoms with E-state index < -0.39 is 5.60 Å². The van der Waals surface area contributed by atoms with E-state index in [4.69, 9.17) is 0 Å². The van der Waals surface area contributed by atoms with E-state index in [1.165, 1.54) is 11.3 Å². The Labute approximate surface area is 92.1 Å². The first-order valence-electron chi connectivity index (χ1n) is 5.56. The average molecular weight is 210 g/mol. The molecule has 0 spiro atoms. The lowest BCUT2D eigenvalue weighted by Gasteiger charge is -2.17. The Morgan fingerprint density at radius 3 is 2.47 bits per heavy atom. The fourth-order valence-corrected chi connectivity index (χ4v) is 1.63. The number of aliphatic hydroxyl groups is 1. The van der Waals surface area contributed by atoms with Gasteiger partial charge in [-0.2, -0.15) is 5.10 Å². The standard InChI is InChI=1S/C12H22N2O/c1-9(2)11-8-13-14(10(11)3)7-6-12(4,5)15/h8-9,15H,6-7H2,1-5H3. The van der Waals surface area contributed by atoms with Crippen LogP contribution in [0.1, 0.15) is 51.3 Å². The Hall–Kier alpha value is -0.830. The second-order valence-electron chi connectivity index (χ2n) is 5.13. The second kappa shape index (κ2) is 4.35. The van der Waals surface area contributed by atoms with E-state index in [-0.39, 0.29) is 0 Å². The summed E-state index contributed by atoms with van der Waals surface area (Å²) < 4.78 is 1.98. The van der Waals surface area contributed by atoms with Gasteiger partial charge in [-0.3, -0.25) is 4.68 Å². The Morgan fingerprint density at radius 2 is 2.07 bits per heavy atom. The zero-order chi connectivity index (χ0) is 11.6. The Balaban J connectivity index is 2.71. The van der Waals surface area contributed by atoms with E-state index in [9.17, 15) is 5.11 Å². The third-order valence-corrected chi connectivity index (χ3v) is 2.70. The van der Waals surface area contributed by atoms with Gasteiger partial charge in [0.2, 0.25) is 0 Å². The Kier molecular flexibility index (Phi) is 3.55. The number of rotatable bonds is 4. The molecule has 3 nitrogen and oxygen atoms in total. The second-order valence-corrected chi connectivity index (χ2v) is 5.13. The van der Waals surface area contributed by atoms with E-state index in [0.717, 1.165) is 13.0 Å². The Bertz CT molecular complexity index is 321. The molecule has 0 saturated heterocycles. The smallest absolute Gasteiger partial charge is 0.0609 e. The van der Waals surface area contributed by atoms with Crippen molar-refractivity contribution in [3.05, 3.63) is 17.5 Å². The molecule has 86 valence electrons. The lowest BCUT2D eigenvalue weighted by atomic mass is 10.0. The molecule has 0 aliphatic rings. The van der Waals surface area contributed by atoms with Gasteiger partial charge in [-0.05, 0) is 38.7 Å². The van der Waals surface area contributed by atoms with Gasteiger partial charge in [-0.1, -0.05) is 13.8 Å². The van der Waals surface area contributed by atoms with Crippen LogP contribution in [0.2, 0.25) is 0 Å². The van der Waals surface area contributed by atoms with Crippen LogP contribution in [0.25, 0.3) is 0 Å². The molecule has 0 unspecified atom stereocenters. The van der Waals surface area contributed by atoms with Crippen LogP contribution in [-0.4, -0.2) is 20.5 Å². The van der Waals surface area contributed by atoms with Crippen LogP contribution in [0.15, 0.2) is 6.20 Å². The largest absolute Gasteiger partial charge is 0.390 e. The SMILES string of the molecule is Cc1c(C(C)C)cnn1CCC(C)(C)O. The van der Waals surface area contributed by atoms with Crippen molar-refractivity contribution in [1.82, 2.24) is 9.78 Å². The number of aryl methyl sites for hydroxylation is 1. The van der Waals surface area contributed by atoms with E-state index in [0.29, 0.717) is 5.92 Å². The highest BCUT2D eigenvalue weighted by Gasteiger charge is 2.15. The molecule has 1 rings (SSSR count). The lowest BCUT2D eigenvalue weighted by Crippen LogP contribution is -2.21. The van der Waals surface area contributed by atoms with Gasteiger partial charge in [0.15, 0.2) is 0 Å². The van der Waals surface area contributed by atoms with Crippen LogP contribution in [0, 0.1) is 6.92 Å². The van der Waals surface area contributed by atoms with E-state index >= 15 is 0 Å². The highest BCUT2D eigenvalue weighted by molar-refractivity contribution is 5.19. The van der Waals surface area contributed by atoms with Crippen LogP contribution in [0.4, 0.5) is 0 Å². The monoisotopic (exact) mass is 210 g/mol. The van der Waals surface area contributed by atoms with Gasteiger partial charge in [0.25, 0.3) is 0 Å². The fraction of sp³-hybridized carbons (Fsp3) is 0.750. The molecule has 0 aliphatic carbocycles. The molecule has 1 aromatic heterocycles. The summed E-state index contributed by atoms with van der Waals surface area (Å²) in [6.45, 7) is 10.9. The summed E-state index contributed by atoms with van der Waals surface area (Å²) in [5.41, 5.74) is 1.90. The van der Waals surface area contributed by atoms with Crippen molar-refractivity contribution in [3.8, 4) is 0 Å². The molecule has 15 heavy (non-hydrogen) atoms. The van der Waals surface area contributed by atoms with Crippen molar-refractivity contribution in [3.63, 3.8) is 0 Å². The van der Waals surface area contributed by atoms with E-state index in [1.807, 2.05) is 24.7 Å². The first kappa shape index (κ1) is 12.2. The third-order valence-electron chi connectivity index (χ3n) is 2.70. The summed E-state index contributed by atoms with van der Waals surface area (Å²) in [5, 5.41) is 14.0. The van der Waals surface area contributed by atoms with Gasteiger partial charge >= 0.3 is 0 Å². The molecule has 0 radical (unpaired) electrons. The summed E-state index contributed by atoms with van der Waals surface area (Å²) >= 11 is 0. The van der Waals surface area contributed by atoms with Gasteiger partial charge in [-0.15, -0.1) is 0 Å². The minimum atomic E-state index is -0.615. The third kappa shape index (κ3) is 3.34. The van der Waals surface area contributed by atoms with Crippen molar-refractivity contribution in [2.24, 2.45) is 0 Å². The Morgan fingerprint density at radius 1 is 1.47 bits per heavy atom. The van der Waals surface area contributed by atoms with Gasteiger partial charge < -0.3 is 5.11 Å². The van der Waals surface area contributed by atoms with Crippen molar-refractivity contribution in [2.45, 2.75) is 59.1 Å². The molecular weight excluding hydrogens is 188 g/mol. The van der Waals surface area contributed by atoms with Crippen molar-refractivity contribution in [2.75, 3.05) is 0 Å². The van der Waals surface area contributed by atoms with Crippen molar-refractivity contribution < 1.29 is 5.11 Å². The maximum Gasteiger partial charge on any atom is 0.0609 e. The summed E-state index contributed by atoms with van der Waals surface area (Å²) in [7, 11) is 0. The number of nitrogens with zero attached hydrogens (tertiary/aromatic N) is 2. The molecule has 0 atom stereocenters. The van der Waals surface area contributed by atoms with Gasteiger partial charge in [-0.25, -0.2) is 0 Å². The molecule has 0 bridgehead atoms. The topological polar surface area (TPSA) is 38.0 Å². The van der Waals surface area contributed by atoms with Gasteiger partial charge in [0.05, 0.1) is 11.8 Å². The molecule has 0 saturated carbocycles. The quantitative estimate of drug-likeness (QED) is 0.829. The predicted octanol–water partition coefficient (Wildman–Crippen LogP) is 2.48. The lowest BCUT2D eigenvalue weighted by molar-refractivity contribution is 0.0649. The summed E-state index contributed by atoms with van der Waals surface area (Å²) in [4.78, 5) is 0. The molecule has 1 heterocycles. The van der Waals surface area contributed by atoms with E-state index in [2.05, 4.69) is 25.9 Å². The van der Waals surface area contributed by atoms with Gasteiger partial charge in [0.1, 0.15) is 0 Å². The van der Waals surface area contributed by atoms with Crippen LogP contribution in [0.3, 0.4) is 0 Å². The fourth-order valence-electron chi connectivity index (χ4n) is 1.63. The molecule has 0 amide bonds. The molecular formula is C12H22N2O. The van der Waals surface area contributed by atoms with E-state index in [1.54, 1.807) is 0 Å². The summed E-state index contributed by atoms with van der Waals surface area (Å²) in [6.07, 6.45) is 2.66. The molecule has 0 aliphatic heterocycles. The maximum absolute atomic E-state index is 9.64. The predicted molar refractivity (Wildman–Crippen MR) is 62.0 cm³/mol. The summed E-state index contributed by atoms with van der Waals surface area (Å²) in [5.74, 6) is 0.515. The van der Waals surface area contributed by atoms with Crippen LogP contribution in [0.5, 0.6) is 0 Å². The van der Waals surface area contributed by atoms with Crippen molar-refractivity contribution >= 4 is 0 Å². The van der Waals surface area contributed by atoms with Crippen LogP contribution >= 0.6 is 0 Å². The number of hydrogen-bond acceptors (Lipinski definition) is 2. The minimum absolute atomic E-state index is 0.515. The molecule has 0 fully saturated rings. The summed E-state index contributed by atoms with van der Waals surface area (Å²) in [6, 6.07) is 0. The van der Waals surface area contributed by atoms with Crippen LogP contribution in [-0.2, 0) is 6.54 Å². The zero-order valence-electron chi connectivity index (χ0n) is 10.4. The first-order chi connectivity index (χ1) is 6.81. The first-order valence-corrected chi connectivity index (χ1v) is 5.56. The molecule has 1 aromatic rings. The average Bonchev–Trinajstić information content (AvgIpc) is 2.42. The molecule has 1 N–H and O–H groups in total. The van der Waals surface area contributed by atoms with Crippen LogP contribution < -0.4 is 0 Å². The molecule has 3 heteroatoms. The minimum Gasteiger partial charge on any atom is -0.390 e. The highest BCUT2D eigenvalue weighted by Crippen LogP contribution is 2.19. The number of aromatic nitrogens is 2. The number of hydrogen-bond donors (Lipinski definition) is 1. The zero-order valence-corrected chi connectivity index (χ0v) is 10.4. The van der Waals surface area contributed by atoms with Gasteiger partial charge in [0, 0.05) is 12.2 Å². The normalized spacial score (nSPS) is 12.5. The van der Waals surface area contributed by atoms with Crippen molar-refractivity contribution in [1.29, 1.82) is 0 Å². The molecule has 0 aromatic carbocycles. The highest BCUT2D eigenvalue weighted by atomic mass is 16.3.